The Kier molecular flexibility index (Phi) is 5.28. The predicted octanol–water partition coefficient (Wildman–Crippen LogP) is 3.63. The zero-order valence-electron chi connectivity index (χ0n) is 13.4. The van der Waals surface area contributed by atoms with E-state index in [0.717, 1.165) is 23.7 Å². The summed E-state index contributed by atoms with van der Waals surface area (Å²) < 4.78 is 7.61. The molecule has 1 amide bonds. The summed E-state index contributed by atoms with van der Waals surface area (Å²) in [7, 11) is 1.93. The van der Waals surface area contributed by atoms with E-state index in [1.807, 2.05) is 53.5 Å². The molecule has 0 aliphatic heterocycles. The Hall–Kier alpha value is -2.60. The number of aromatic nitrogens is 2. The fraction of sp³-hybridized carbons (Fsp3) is 0.222. The summed E-state index contributed by atoms with van der Waals surface area (Å²) >= 11 is 1.65. The molecule has 124 valence electrons. The number of aryl methyl sites for hydroxylation is 2. The highest BCUT2D eigenvalue weighted by Gasteiger charge is 2.05. The average molecular weight is 341 g/mol. The third kappa shape index (κ3) is 4.45. The molecule has 0 bridgehead atoms. The van der Waals surface area contributed by atoms with E-state index in [9.17, 15) is 4.79 Å². The van der Waals surface area contributed by atoms with Crippen LogP contribution in [0.5, 0.6) is 5.75 Å². The molecule has 0 radical (unpaired) electrons. The molecule has 0 aliphatic carbocycles. The molecule has 0 saturated carbocycles. The number of nitrogens with one attached hydrogen (secondary N) is 1. The lowest BCUT2D eigenvalue weighted by atomic mass is 10.2. The third-order valence-electron chi connectivity index (χ3n) is 3.65. The Labute approximate surface area is 144 Å². The first kappa shape index (κ1) is 16.3. The lowest BCUT2D eigenvalue weighted by molar-refractivity contribution is -0.116. The average Bonchev–Trinajstić information content (AvgIpc) is 3.24. The Morgan fingerprint density at radius 1 is 1.29 bits per heavy atom. The highest BCUT2D eigenvalue weighted by Crippen LogP contribution is 2.17. The summed E-state index contributed by atoms with van der Waals surface area (Å²) in [6.45, 7) is 0.413. The lowest BCUT2D eigenvalue weighted by Crippen LogP contribution is -2.12. The number of benzene rings is 1. The second-order valence-corrected chi connectivity index (χ2v) is 6.23. The van der Waals surface area contributed by atoms with Crippen LogP contribution >= 0.6 is 11.3 Å². The molecule has 2 heterocycles. The van der Waals surface area contributed by atoms with Gasteiger partial charge in [-0.1, -0.05) is 0 Å². The van der Waals surface area contributed by atoms with Crippen LogP contribution in [-0.4, -0.2) is 15.5 Å². The number of hydrogen-bond donors (Lipinski definition) is 1. The molecule has 1 N–H and O–H groups in total. The molecule has 3 aromatic rings. The third-order valence-corrected chi connectivity index (χ3v) is 4.38. The van der Waals surface area contributed by atoms with E-state index in [1.165, 1.54) is 5.56 Å². The first-order chi connectivity index (χ1) is 11.7. The number of anilines is 1. The Bertz CT molecular complexity index is 779. The van der Waals surface area contributed by atoms with E-state index in [-0.39, 0.29) is 5.91 Å². The maximum Gasteiger partial charge on any atom is 0.224 e. The van der Waals surface area contributed by atoms with Crippen molar-refractivity contribution in [3.05, 3.63) is 64.9 Å². The van der Waals surface area contributed by atoms with Crippen LogP contribution < -0.4 is 10.1 Å². The van der Waals surface area contributed by atoms with Crippen LogP contribution in [-0.2, 0) is 24.9 Å². The molecule has 1 aromatic carbocycles. The molecule has 0 unspecified atom stereocenters. The number of hydrogen-bond acceptors (Lipinski definition) is 4. The maximum absolute atomic E-state index is 12.0. The van der Waals surface area contributed by atoms with E-state index in [4.69, 9.17) is 4.74 Å². The summed E-state index contributed by atoms with van der Waals surface area (Å²) in [5, 5.41) is 7.00. The van der Waals surface area contributed by atoms with Gasteiger partial charge in [0.2, 0.25) is 5.91 Å². The van der Waals surface area contributed by atoms with Crippen LogP contribution in [0.15, 0.2) is 53.5 Å². The molecular formula is C18H19N3O2S. The van der Waals surface area contributed by atoms with Gasteiger partial charge in [-0.25, -0.2) is 4.98 Å². The Balaban J connectivity index is 1.47. The molecule has 0 fully saturated rings. The van der Waals surface area contributed by atoms with Gasteiger partial charge in [-0.05, 0) is 53.1 Å². The number of carbonyl (C=O) groups is 1. The number of rotatable bonds is 7. The van der Waals surface area contributed by atoms with Crippen molar-refractivity contribution in [1.82, 2.24) is 9.55 Å². The molecule has 24 heavy (non-hydrogen) atoms. The van der Waals surface area contributed by atoms with Gasteiger partial charge in [-0.15, -0.1) is 0 Å². The number of ether oxygens (including phenoxy) is 1. The zero-order chi connectivity index (χ0) is 16.8. The van der Waals surface area contributed by atoms with E-state index in [0.29, 0.717) is 13.0 Å². The summed E-state index contributed by atoms with van der Waals surface area (Å²) in [4.78, 5) is 16.2. The molecule has 3 rings (SSSR count). The first-order valence-corrected chi connectivity index (χ1v) is 8.65. The van der Waals surface area contributed by atoms with Gasteiger partial charge in [0.1, 0.15) is 18.2 Å². The van der Waals surface area contributed by atoms with Gasteiger partial charge in [0, 0.05) is 31.5 Å². The van der Waals surface area contributed by atoms with Gasteiger partial charge in [0.25, 0.3) is 0 Å². The van der Waals surface area contributed by atoms with Crippen molar-refractivity contribution in [2.24, 2.45) is 7.05 Å². The summed E-state index contributed by atoms with van der Waals surface area (Å²) in [6, 6.07) is 9.42. The monoisotopic (exact) mass is 341 g/mol. The number of carbonyl (C=O) groups excluding carboxylic acids is 1. The second-order valence-electron chi connectivity index (χ2n) is 5.45. The van der Waals surface area contributed by atoms with Crippen LogP contribution in [0.2, 0.25) is 0 Å². The first-order valence-electron chi connectivity index (χ1n) is 7.71. The van der Waals surface area contributed by atoms with E-state index < -0.39 is 0 Å². The molecule has 0 atom stereocenters. The normalized spacial score (nSPS) is 10.5. The minimum Gasteiger partial charge on any atom is -0.486 e. The summed E-state index contributed by atoms with van der Waals surface area (Å²) in [5.74, 6) is 1.62. The second kappa shape index (κ2) is 7.79. The van der Waals surface area contributed by atoms with Crippen molar-refractivity contribution in [2.45, 2.75) is 19.4 Å². The van der Waals surface area contributed by atoms with Crippen LogP contribution in [0.4, 0.5) is 5.69 Å². The van der Waals surface area contributed by atoms with Crippen LogP contribution in [0.1, 0.15) is 17.8 Å². The van der Waals surface area contributed by atoms with Crippen molar-refractivity contribution in [1.29, 1.82) is 0 Å². The van der Waals surface area contributed by atoms with Crippen LogP contribution in [0.3, 0.4) is 0 Å². The number of imidazole rings is 1. The fourth-order valence-electron chi connectivity index (χ4n) is 2.23. The van der Waals surface area contributed by atoms with Gasteiger partial charge in [0.05, 0.1) is 0 Å². The quantitative estimate of drug-likeness (QED) is 0.714. The number of thiophene rings is 1. The largest absolute Gasteiger partial charge is 0.486 e. The highest BCUT2D eigenvalue weighted by atomic mass is 32.1. The van der Waals surface area contributed by atoms with Gasteiger partial charge in [-0.2, -0.15) is 11.3 Å². The topological polar surface area (TPSA) is 56.1 Å². The Morgan fingerprint density at radius 2 is 2.12 bits per heavy atom. The van der Waals surface area contributed by atoms with Gasteiger partial charge < -0.3 is 14.6 Å². The van der Waals surface area contributed by atoms with Crippen molar-refractivity contribution in [3.8, 4) is 5.75 Å². The molecule has 0 spiro atoms. The number of nitrogens with zero attached hydrogens (tertiary/aromatic N) is 2. The van der Waals surface area contributed by atoms with Gasteiger partial charge in [0.15, 0.2) is 0 Å². The smallest absolute Gasteiger partial charge is 0.224 e. The van der Waals surface area contributed by atoms with Crippen LogP contribution in [0, 0.1) is 0 Å². The minimum absolute atomic E-state index is 0.0166. The lowest BCUT2D eigenvalue weighted by Gasteiger charge is -2.08. The highest BCUT2D eigenvalue weighted by molar-refractivity contribution is 7.07. The van der Waals surface area contributed by atoms with Gasteiger partial charge in [-0.3, -0.25) is 4.79 Å². The minimum atomic E-state index is 0.0166. The number of amides is 1. The van der Waals surface area contributed by atoms with Gasteiger partial charge >= 0.3 is 0 Å². The molecule has 2 aromatic heterocycles. The van der Waals surface area contributed by atoms with E-state index in [2.05, 4.69) is 15.7 Å². The SMILES string of the molecule is Cn1ccnc1COc1ccc(NC(=O)CCc2ccsc2)cc1. The molecular weight excluding hydrogens is 322 g/mol. The molecule has 0 aliphatic rings. The Morgan fingerprint density at radius 3 is 2.79 bits per heavy atom. The summed E-state index contributed by atoms with van der Waals surface area (Å²) in [6.07, 6.45) is 4.87. The zero-order valence-corrected chi connectivity index (χ0v) is 14.3. The van der Waals surface area contributed by atoms with Crippen molar-refractivity contribution in [3.63, 3.8) is 0 Å². The predicted molar refractivity (Wildman–Crippen MR) is 95.3 cm³/mol. The summed E-state index contributed by atoms with van der Waals surface area (Å²) in [5.41, 5.74) is 1.97. The fourth-order valence-corrected chi connectivity index (χ4v) is 2.94. The van der Waals surface area contributed by atoms with Crippen LogP contribution in [0.25, 0.3) is 0 Å². The molecule has 0 saturated heterocycles. The van der Waals surface area contributed by atoms with E-state index in [1.54, 1.807) is 17.5 Å². The van der Waals surface area contributed by atoms with E-state index >= 15 is 0 Å². The van der Waals surface area contributed by atoms with Crippen molar-refractivity contribution < 1.29 is 9.53 Å². The van der Waals surface area contributed by atoms with Crippen molar-refractivity contribution >= 4 is 22.9 Å². The maximum atomic E-state index is 12.0. The molecule has 6 heteroatoms. The standard InChI is InChI=1S/C18H19N3O2S/c1-21-10-9-19-17(21)12-23-16-5-3-15(4-6-16)20-18(22)7-2-14-8-11-24-13-14/h3-6,8-11,13H,2,7,12H2,1H3,(H,20,22). The molecule has 5 nitrogen and oxygen atoms in total. The van der Waals surface area contributed by atoms with Crippen molar-refractivity contribution in [2.75, 3.05) is 5.32 Å².